The molecule has 1 rings (SSSR count). The molecule has 3 unspecified atom stereocenters. The lowest BCUT2D eigenvalue weighted by Gasteiger charge is -2.35. The lowest BCUT2D eigenvalue weighted by molar-refractivity contribution is -0.143. The van der Waals surface area contributed by atoms with Crippen molar-refractivity contribution in [3.63, 3.8) is 0 Å². The van der Waals surface area contributed by atoms with E-state index in [4.69, 9.17) is 10.5 Å². The van der Waals surface area contributed by atoms with Gasteiger partial charge in [0.1, 0.15) is 0 Å². The van der Waals surface area contributed by atoms with E-state index >= 15 is 0 Å². The van der Waals surface area contributed by atoms with Crippen LogP contribution < -0.4 is 5.73 Å². The summed E-state index contributed by atoms with van der Waals surface area (Å²) < 4.78 is 5.28. The summed E-state index contributed by atoms with van der Waals surface area (Å²) >= 11 is 0. The average molecular weight is 200 g/mol. The van der Waals surface area contributed by atoms with Gasteiger partial charge in [-0.3, -0.25) is 4.79 Å². The molecule has 3 atom stereocenters. The zero-order valence-corrected chi connectivity index (χ0v) is 9.19. The first-order chi connectivity index (χ1) is 6.54. The molecule has 1 saturated heterocycles. The summed E-state index contributed by atoms with van der Waals surface area (Å²) in [6.07, 6.45) is 0. The number of nitrogens with two attached hydrogens (primary N) is 1. The maximum Gasteiger partial charge on any atom is 0.227 e. The Balaban J connectivity index is 2.58. The van der Waals surface area contributed by atoms with Crippen LogP contribution in [-0.2, 0) is 9.53 Å². The highest BCUT2D eigenvalue weighted by Gasteiger charge is 2.28. The Hall–Kier alpha value is -0.610. The maximum absolute atomic E-state index is 11.9. The third-order valence-corrected chi connectivity index (χ3v) is 2.83. The molecule has 2 N–H and O–H groups in total. The van der Waals surface area contributed by atoms with Crippen LogP contribution in [0.4, 0.5) is 0 Å². The molecule has 4 nitrogen and oxygen atoms in total. The van der Waals surface area contributed by atoms with Gasteiger partial charge in [-0.2, -0.15) is 0 Å². The van der Waals surface area contributed by atoms with E-state index in [1.165, 1.54) is 0 Å². The Morgan fingerprint density at radius 2 is 2.21 bits per heavy atom. The summed E-state index contributed by atoms with van der Waals surface area (Å²) in [5.74, 6) is 0.0475. The van der Waals surface area contributed by atoms with Crippen molar-refractivity contribution in [2.24, 2.45) is 11.7 Å². The summed E-state index contributed by atoms with van der Waals surface area (Å²) in [5, 5.41) is 0. The lowest BCUT2D eigenvalue weighted by atomic mass is 10.0. The monoisotopic (exact) mass is 200 g/mol. The van der Waals surface area contributed by atoms with Crippen molar-refractivity contribution >= 4 is 5.91 Å². The lowest BCUT2D eigenvalue weighted by Crippen LogP contribution is -2.51. The van der Waals surface area contributed by atoms with Gasteiger partial charge in [-0.25, -0.2) is 0 Å². The summed E-state index contributed by atoms with van der Waals surface area (Å²) in [4.78, 5) is 13.8. The van der Waals surface area contributed by atoms with Crippen molar-refractivity contribution in [3.8, 4) is 0 Å². The van der Waals surface area contributed by atoms with Crippen LogP contribution in [0.2, 0.25) is 0 Å². The van der Waals surface area contributed by atoms with Crippen LogP contribution in [0.5, 0.6) is 0 Å². The molecule has 4 heteroatoms. The standard InChI is InChI=1S/C10H20N2O2/c1-7-6-14-5-4-12(7)10(13)8(2)9(3)11/h7-9H,4-6,11H2,1-3H3. The molecule has 14 heavy (non-hydrogen) atoms. The summed E-state index contributed by atoms with van der Waals surface area (Å²) in [6, 6.07) is 0.0926. The highest BCUT2D eigenvalue weighted by molar-refractivity contribution is 5.79. The summed E-state index contributed by atoms with van der Waals surface area (Å²) in [7, 11) is 0. The number of hydrogen-bond donors (Lipinski definition) is 1. The molecule has 1 aliphatic rings. The van der Waals surface area contributed by atoms with E-state index in [0.717, 1.165) is 0 Å². The maximum atomic E-state index is 11.9. The number of nitrogens with zero attached hydrogens (tertiary/aromatic N) is 1. The first-order valence-electron chi connectivity index (χ1n) is 5.18. The Morgan fingerprint density at radius 1 is 1.57 bits per heavy atom. The average Bonchev–Trinajstić information content (AvgIpc) is 2.16. The quantitative estimate of drug-likeness (QED) is 0.693. The molecule has 1 amide bonds. The van der Waals surface area contributed by atoms with Gasteiger partial charge in [-0.05, 0) is 13.8 Å². The van der Waals surface area contributed by atoms with E-state index in [-0.39, 0.29) is 23.9 Å². The van der Waals surface area contributed by atoms with Gasteiger partial charge < -0.3 is 15.4 Å². The molecule has 0 bridgehead atoms. The number of morpholine rings is 1. The van der Waals surface area contributed by atoms with Crippen LogP contribution in [0.3, 0.4) is 0 Å². The molecule has 1 fully saturated rings. The van der Waals surface area contributed by atoms with Crippen LogP contribution in [0.25, 0.3) is 0 Å². The summed E-state index contributed by atoms with van der Waals surface area (Å²) in [6.45, 7) is 7.73. The predicted octanol–water partition coefficient (Wildman–Crippen LogP) is 0.217. The number of rotatable bonds is 2. The Kier molecular flexibility index (Phi) is 3.89. The van der Waals surface area contributed by atoms with E-state index in [1.54, 1.807) is 0 Å². The molecule has 0 aromatic carbocycles. The minimum atomic E-state index is -0.101. The third-order valence-electron chi connectivity index (χ3n) is 2.83. The number of ether oxygens (including phenoxy) is 1. The van der Waals surface area contributed by atoms with Crippen LogP contribution >= 0.6 is 0 Å². The predicted molar refractivity (Wildman–Crippen MR) is 54.8 cm³/mol. The molecule has 0 saturated carbocycles. The van der Waals surface area contributed by atoms with Gasteiger partial charge in [0, 0.05) is 12.6 Å². The van der Waals surface area contributed by atoms with Gasteiger partial charge >= 0.3 is 0 Å². The van der Waals surface area contributed by atoms with Gasteiger partial charge in [-0.15, -0.1) is 0 Å². The molecule has 0 aromatic rings. The van der Waals surface area contributed by atoms with E-state index < -0.39 is 0 Å². The molecular weight excluding hydrogens is 180 g/mol. The SMILES string of the molecule is CC(N)C(C)C(=O)N1CCOCC1C. The van der Waals surface area contributed by atoms with Crippen LogP contribution in [0.15, 0.2) is 0 Å². The second kappa shape index (κ2) is 4.75. The minimum absolute atomic E-state index is 0.0856. The fourth-order valence-electron chi connectivity index (χ4n) is 1.54. The topological polar surface area (TPSA) is 55.6 Å². The first-order valence-corrected chi connectivity index (χ1v) is 5.18. The van der Waals surface area contributed by atoms with Crippen molar-refractivity contribution in [2.75, 3.05) is 19.8 Å². The molecule has 0 aromatic heterocycles. The molecule has 0 radical (unpaired) electrons. The Labute approximate surface area is 85.4 Å². The number of carbonyl (C=O) groups excluding carboxylic acids is 1. The first kappa shape index (κ1) is 11.5. The van der Waals surface area contributed by atoms with E-state index in [9.17, 15) is 4.79 Å². The molecule has 1 aliphatic heterocycles. The fraction of sp³-hybridized carbons (Fsp3) is 0.900. The normalized spacial score (nSPS) is 27.1. The number of hydrogen-bond acceptors (Lipinski definition) is 3. The van der Waals surface area contributed by atoms with Gasteiger partial charge in [0.05, 0.1) is 25.2 Å². The van der Waals surface area contributed by atoms with Gasteiger partial charge in [0.15, 0.2) is 0 Å². The van der Waals surface area contributed by atoms with Gasteiger partial charge in [0.2, 0.25) is 5.91 Å². The molecule has 82 valence electrons. The highest BCUT2D eigenvalue weighted by atomic mass is 16.5. The zero-order chi connectivity index (χ0) is 10.7. The van der Waals surface area contributed by atoms with E-state index in [0.29, 0.717) is 19.8 Å². The fourth-order valence-corrected chi connectivity index (χ4v) is 1.54. The van der Waals surface area contributed by atoms with Crippen molar-refractivity contribution in [3.05, 3.63) is 0 Å². The van der Waals surface area contributed by atoms with Crippen molar-refractivity contribution in [1.29, 1.82) is 0 Å². The molecular formula is C10H20N2O2. The molecule has 0 spiro atoms. The Morgan fingerprint density at radius 3 is 2.71 bits per heavy atom. The zero-order valence-electron chi connectivity index (χ0n) is 9.19. The van der Waals surface area contributed by atoms with Gasteiger partial charge in [0.25, 0.3) is 0 Å². The van der Waals surface area contributed by atoms with Crippen LogP contribution in [0, 0.1) is 5.92 Å². The highest BCUT2D eigenvalue weighted by Crippen LogP contribution is 2.12. The van der Waals surface area contributed by atoms with E-state index in [2.05, 4.69) is 0 Å². The van der Waals surface area contributed by atoms with Gasteiger partial charge in [-0.1, -0.05) is 6.92 Å². The number of carbonyl (C=O) groups is 1. The second-order valence-electron chi connectivity index (χ2n) is 4.10. The summed E-state index contributed by atoms with van der Waals surface area (Å²) in [5.41, 5.74) is 5.71. The van der Waals surface area contributed by atoms with Crippen molar-refractivity contribution < 1.29 is 9.53 Å². The van der Waals surface area contributed by atoms with Crippen LogP contribution in [-0.4, -0.2) is 42.6 Å². The van der Waals surface area contributed by atoms with Crippen molar-refractivity contribution in [1.82, 2.24) is 4.90 Å². The smallest absolute Gasteiger partial charge is 0.227 e. The molecule has 0 aliphatic carbocycles. The minimum Gasteiger partial charge on any atom is -0.377 e. The van der Waals surface area contributed by atoms with E-state index in [1.807, 2.05) is 25.7 Å². The largest absolute Gasteiger partial charge is 0.377 e. The number of amides is 1. The van der Waals surface area contributed by atoms with Crippen LogP contribution in [0.1, 0.15) is 20.8 Å². The van der Waals surface area contributed by atoms with Crippen molar-refractivity contribution in [2.45, 2.75) is 32.9 Å². The molecule has 1 heterocycles. The third kappa shape index (κ3) is 2.45. The second-order valence-corrected chi connectivity index (χ2v) is 4.10. The Bertz CT molecular complexity index is 206.